The Kier molecular flexibility index (Phi) is 7.87. The van der Waals surface area contributed by atoms with Gasteiger partial charge in [-0.15, -0.1) is 0 Å². The van der Waals surface area contributed by atoms with Crippen LogP contribution in [-0.4, -0.2) is 56.6 Å². The highest BCUT2D eigenvalue weighted by atomic mass is 32.2. The Morgan fingerprint density at radius 3 is 2.37 bits per heavy atom. The van der Waals surface area contributed by atoms with Crippen LogP contribution in [0.15, 0.2) is 23.1 Å². The first-order valence-electron chi connectivity index (χ1n) is 10.2. The van der Waals surface area contributed by atoms with Gasteiger partial charge in [-0.05, 0) is 59.1 Å². The van der Waals surface area contributed by atoms with Gasteiger partial charge < -0.3 is 15.0 Å². The molecule has 0 radical (unpaired) electrons. The zero-order chi connectivity index (χ0) is 22.5. The molecule has 0 aliphatic carbocycles. The van der Waals surface area contributed by atoms with Gasteiger partial charge in [-0.2, -0.15) is 0 Å². The summed E-state index contributed by atoms with van der Waals surface area (Å²) < 4.78 is 32.7. The lowest BCUT2D eigenvalue weighted by atomic mass is 10.0. The minimum Gasteiger partial charge on any atom is -0.444 e. The minimum atomic E-state index is -3.65. The lowest BCUT2D eigenvalue weighted by Crippen LogP contribution is -2.48. The number of nitrogens with zero attached hydrogens (tertiary/aromatic N) is 1. The summed E-state index contributed by atoms with van der Waals surface area (Å²) in [5, 5.41) is 2.83. The predicted octanol–water partition coefficient (Wildman–Crippen LogP) is 2.49. The molecule has 1 heterocycles. The molecule has 0 spiro atoms. The highest BCUT2D eigenvalue weighted by Gasteiger charge is 2.26. The molecular weight excluding hydrogens is 406 g/mol. The van der Waals surface area contributed by atoms with Gasteiger partial charge in [-0.25, -0.2) is 17.9 Å². The smallest absolute Gasteiger partial charge is 0.407 e. The molecule has 168 valence electrons. The van der Waals surface area contributed by atoms with Crippen molar-refractivity contribution in [1.29, 1.82) is 0 Å². The van der Waals surface area contributed by atoms with E-state index in [2.05, 4.69) is 10.0 Å². The molecule has 0 bridgehead atoms. The van der Waals surface area contributed by atoms with Crippen LogP contribution < -0.4 is 10.0 Å². The topological polar surface area (TPSA) is 105 Å². The Hall–Kier alpha value is -2.13. The maximum absolute atomic E-state index is 12.5. The number of rotatable bonds is 6. The van der Waals surface area contributed by atoms with Crippen molar-refractivity contribution in [3.63, 3.8) is 0 Å². The number of piperidine rings is 1. The van der Waals surface area contributed by atoms with E-state index in [1.54, 1.807) is 24.0 Å². The maximum Gasteiger partial charge on any atom is 0.407 e. The van der Waals surface area contributed by atoms with Gasteiger partial charge in [-0.3, -0.25) is 4.79 Å². The van der Waals surface area contributed by atoms with E-state index < -0.39 is 21.7 Å². The Labute approximate surface area is 179 Å². The second kappa shape index (κ2) is 9.78. The first-order chi connectivity index (χ1) is 13.9. The fourth-order valence-electron chi connectivity index (χ4n) is 3.38. The van der Waals surface area contributed by atoms with Crippen LogP contribution in [-0.2, 0) is 19.6 Å². The van der Waals surface area contributed by atoms with E-state index in [0.717, 1.165) is 5.56 Å². The molecule has 1 aromatic carbocycles. The minimum absolute atomic E-state index is 0.0353. The Bertz CT molecular complexity index is 869. The van der Waals surface area contributed by atoms with E-state index in [1.807, 2.05) is 33.8 Å². The molecule has 1 fully saturated rings. The molecule has 0 saturated carbocycles. The molecule has 8 nitrogen and oxygen atoms in total. The van der Waals surface area contributed by atoms with Crippen molar-refractivity contribution in [2.75, 3.05) is 19.6 Å². The first kappa shape index (κ1) is 24.1. The van der Waals surface area contributed by atoms with Crippen LogP contribution in [0.25, 0.3) is 0 Å². The summed E-state index contributed by atoms with van der Waals surface area (Å²) in [6.45, 7) is 10.2. The van der Waals surface area contributed by atoms with Crippen LogP contribution in [0.1, 0.15) is 51.2 Å². The molecule has 2 rings (SSSR count). The highest BCUT2D eigenvalue weighted by molar-refractivity contribution is 7.89. The van der Waals surface area contributed by atoms with Gasteiger partial charge in [0.1, 0.15) is 5.60 Å². The van der Waals surface area contributed by atoms with Crippen LogP contribution in [0, 0.1) is 13.8 Å². The molecule has 0 atom stereocenters. The van der Waals surface area contributed by atoms with Crippen LogP contribution in [0.2, 0.25) is 0 Å². The van der Waals surface area contributed by atoms with E-state index in [4.69, 9.17) is 4.74 Å². The average molecular weight is 440 g/mol. The van der Waals surface area contributed by atoms with Crippen molar-refractivity contribution in [3.8, 4) is 0 Å². The van der Waals surface area contributed by atoms with E-state index in [-0.39, 0.29) is 29.8 Å². The van der Waals surface area contributed by atoms with Gasteiger partial charge in [-0.1, -0.05) is 17.7 Å². The summed E-state index contributed by atoms with van der Waals surface area (Å²) in [5.74, 6) is -0.103. The number of hydrogen-bond donors (Lipinski definition) is 2. The molecule has 2 N–H and O–H groups in total. The summed E-state index contributed by atoms with van der Waals surface area (Å²) in [4.78, 5) is 26.2. The second-order valence-corrected chi connectivity index (χ2v) is 10.5. The molecule has 1 aliphatic heterocycles. The predicted molar refractivity (Wildman–Crippen MR) is 115 cm³/mol. The lowest BCUT2D eigenvalue weighted by molar-refractivity contribution is -0.132. The molecule has 9 heteroatoms. The summed E-state index contributed by atoms with van der Waals surface area (Å²) in [7, 11) is -3.65. The zero-order valence-corrected chi connectivity index (χ0v) is 19.3. The highest BCUT2D eigenvalue weighted by Crippen LogP contribution is 2.17. The fourth-order valence-corrected chi connectivity index (χ4v) is 4.63. The number of ether oxygens (including phenoxy) is 1. The average Bonchev–Trinajstić information content (AvgIpc) is 2.60. The summed E-state index contributed by atoms with van der Waals surface area (Å²) in [6.07, 6.45) is 0.917. The number of sulfonamides is 1. The molecule has 30 heavy (non-hydrogen) atoms. The van der Waals surface area contributed by atoms with Gasteiger partial charge in [0.15, 0.2) is 0 Å². The van der Waals surface area contributed by atoms with Gasteiger partial charge >= 0.3 is 6.09 Å². The van der Waals surface area contributed by atoms with Crippen LogP contribution >= 0.6 is 0 Å². The SMILES string of the molecule is Cc1ccc(S(=O)(=O)NCCC(=O)N2CCC(NC(=O)OC(C)(C)C)CC2)c(C)c1. The number of nitrogens with one attached hydrogen (secondary N) is 2. The number of benzene rings is 1. The van der Waals surface area contributed by atoms with Crippen molar-refractivity contribution < 1.29 is 22.7 Å². The summed E-state index contributed by atoms with van der Waals surface area (Å²) >= 11 is 0. The van der Waals surface area contributed by atoms with Gasteiger partial charge in [0.05, 0.1) is 4.90 Å². The zero-order valence-electron chi connectivity index (χ0n) is 18.4. The van der Waals surface area contributed by atoms with Crippen molar-refractivity contribution >= 4 is 22.0 Å². The number of aryl methyl sites for hydroxylation is 2. The van der Waals surface area contributed by atoms with E-state index >= 15 is 0 Å². The van der Waals surface area contributed by atoms with E-state index in [9.17, 15) is 18.0 Å². The quantitative estimate of drug-likeness (QED) is 0.709. The van der Waals surface area contributed by atoms with Crippen LogP contribution in [0.5, 0.6) is 0 Å². The molecule has 1 saturated heterocycles. The third-order valence-corrected chi connectivity index (χ3v) is 6.44. The summed E-state index contributed by atoms with van der Waals surface area (Å²) in [5.41, 5.74) is 1.12. The van der Waals surface area contributed by atoms with Crippen molar-refractivity contribution in [2.45, 2.75) is 70.4 Å². The van der Waals surface area contributed by atoms with Gasteiger partial charge in [0.25, 0.3) is 0 Å². The molecule has 0 unspecified atom stereocenters. The van der Waals surface area contributed by atoms with Gasteiger partial charge in [0.2, 0.25) is 15.9 Å². The maximum atomic E-state index is 12.5. The number of hydrogen-bond acceptors (Lipinski definition) is 5. The van der Waals surface area contributed by atoms with Crippen molar-refractivity contribution in [1.82, 2.24) is 14.9 Å². The number of likely N-dealkylation sites (tertiary alicyclic amines) is 1. The van der Waals surface area contributed by atoms with Crippen molar-refractivity contribution in [2.24, 2.45) is 0 Å². The van der Waals surface area contributed by atoms with Gasteiger partial charge in [0, 0.05) is 32.1 Å². The normalized spacial score (nSPS) is 15.7. The Morgan fingerprint density at radius 2 is 1.80 bits per heavy atom. The number of alkyl carbamates (subject to hydrolysis) is 1. The van der Waals surface area contributed by atoms with Crippen LogP contribution in [0.3, 0.4) is 0 Å². The molecule has 2 amide bonds. The molecule has 1 aliphatic rings. The standard InChI is InChI=1S/C21H33N3O5S/c1-15-6-7-18(16(2)14-15)30(27,28)22-11-8-19(25)24-12-9-17(10-13-24)23-20(26)29-21(3,4)5/h6-7,14,17,22H,8-13H2,1-5H3,(H,23,26). The molecule has 0 aromatic heterocycles. The summed E-state index contributed by atoms with van der Waals surface area (Å²) in [6, 6.07) is 5.11. The van der Waals surface area contributed by atoms with Crippen LogP contribution in [0.4, 0.5) is 4.79 Å². The first-order valence-corrected chi connectivity index (χ1v) is 11.7. The third-order valence-electron chi connectivity index (χ3n) is 4.82. The third kappa shape index (κ3) is 7.28. The fraction of sp³-hybridized carbons (Fsp3) is 0.619. The van der Waals surface area contributed by atoms with E-state index in [0.29, 0.717) is 31.5 Å². The monoisotopic (exact) mass is 439 g/mol. The molecule has 1 aromatic rings. The second-order valence-electron chi connectivity index (χ2n) is 8.72. The number of amides is 2. The lowest BCUT2D eigenvalue weighted by Gasteiger charge is -2.33. The number of carbonyl (C=O) groups is 2. The largest absolute Gasteiger partial charge is 0.444 e. The number of carbonyl (C=O) groups excluding carboxylic acids is 2. The van der Waals surface area contributed by atoms with E-state index in [1.165, 1.54) is 0 Å². The van der Waals surface area contributed by atoms with Crippen molar-refractivity contribution in [3.05, 3.63) is 29.3 Å². The molecular formula is C21H33N3O5S. The Morgan fingerprint density at radius 1 is 1.17 bits per heavy atom. The Balaban J connectivity index is 1.77.